The average molecular weight is 294 g/mol. The van der Waals surface area contributed by atoms with Crippen LogP contribution in [0.25, 0.3) is 11.0 Å². The van der Waals surface area contributed by atoms with Gasteiger partial charge in [0.2, 0.25) is 0 Å². The van der Waals surface area contributed by atoms with Crippen LogP contribution in [-0.2, 0) is 0 Å². The van der Waals surface area contributed by atoms with E-state index in [-0.39, 0.29) is 6.10 Å². The van der Waals surface area contributed by atoms with E-state index in [0.29, 0.717) is 5.92 Å². The first-order valence-electron chi connectivity index (χ1n) is 7.88. The summed E-state index contributed by atoms with van der Waals surface area (Å²) in [7, 11) is 0. The van der Waals surface area contributed by atoms with Crippen LogP contribution in [0.4, 0.5) is 0 Å². The molecule has 1 heterocycles. The number of fused-ring (bicyclic) bond motifs is 1. The van der Waals surface area contributed by atoms with E-state index in [1.165, 1.54) is 5.56 Å². The van der Waals surface area contributed by atoms with E-state index in [1.54, 1.807) is 0 Å². The summed E-state index contributed by atoms with van der Waals surface area (Å²) in [5.74, 6) is 2.31. The average Bonchev–Trinajstić information content (AvgIpc) is 2.99. The minimum atomic E-state index is -0.109. The molecule has 3 heteroatoms. The van der Waals surface area contributed by atoms with Gasteiger partial charge >= 0.3 is 0 Å². The molecule has 0 radical (unpaired) electrons. The molecule has 0 aliphatic heterocycles. The molecule has 3 nitrogen and oxygen atoms in total. The number of benzene rings is 2. The van der Waals surface area contributed by atoms with Crippen molar-refractivity contribution < 1.29 is 4.74 Å². The van der Waals surface area contributed by atoms with E-state index in [4.69, 9.17) is 4.74 Å². The van der Waals surface area contributed by atoms with E-state index < -0.39 is 0 Å². The third kappa shape index (κ3) is 2.98. The fourth-order valence-electron chi connectivity index (χ4n) is 2.54. The number of para-hydroxylation sites is 2. The number of aromatic amines is 1. The minimum Gasteiger partial charge on any atom is -0.483 e. The van der Waals surface area contributed by atoms with Crippen molar-refractivity contribution in [2.75, 3.05) is 0 Å². The third-order valence-corrected chi connectivity index (χ3v) is 4.17. The molecule has 0 fully saturated rings. The summed E-state index contributed by atoms with van der Waals surface area (Å²) in [6.07, 6.45) is 1.04. The predicted octanol–water partition coefficient (Wildman–Crippen LogP) is 5.22. The Bertz CT molecular complexity index is 712. The zero-order valence-electron chi connectivity index (χ0n) is 13.3. The first-order chi connectivity index (χ1) is 10.7. The molecule has 2 aromatic carbocycles. The standard InChI is InChI=1S/C19H22N2O/c1-4-13(2)15-9-11-16(12-10-15)22-14(3)19-20-17-7-5-6-8-18(17)21-19/h5-14H,4H2,1-3H3,(H,20,21). The highest BCUT2D eigenvalue weighted by Crippen LogP contribution is 2.25. The van der Waals surface area contributed by atoms with E-state index in [0.717, 1.165) is 29.0 Å². The van der Waals surface area contributed by atoms with Crippen molar-refractivity contribution >= 4 is 11.0 Å². The monoisotopic (exact) mass is 294 g/mol. The van der Waals surface area contributed by atoms with Crippen molar-refractivity contribution in [2.24, 2.45) is 0 Å². The van der Waals surface area contributed by atoms with Gasteiger partial charge in [-0.1, -0.05) is 38.1 Å². The van der Waals surface area contributed by atoms with Gasteiger partial charge in [0.1, 0.15) is 11.6 Å². The minimum absolute atomic E-state index is 0.109. The topological polar surface area (TPSA) is 37.9 Å². The lowest BCUT2D eigenvalue weighted by atomic mass is 9.99. The molecule has 2 atom stereocenters. The quantitative estimate of drug-likeness (QED) is 0.701. The molecule has 2 unspecified atom stereocenters. The maximum absolute atomic E-state index is 6.00. The Morgan fingerprint density at radius 3 is 2.45 bits per heavy atom. The van der Waals surface area contributed by atoms with Crippen LogP contribution in [-0.4, -0.2) is 9.97 Å². The van der Waals surface area contributed by atoms with Crippen molar-refractivity contribution in [1.29, 1.82) is 0 Å². The van der Waals surface area contributed by atoms with Gasteiger partial charge in [-0.25, -0.2) is 4.98 Å². The molecule has 3 aromatic rings. The lowest BCUT2D eigenvalue weighted by Crippen LogP contribution is -2.05. The summed E-state index contributed by atoms with van der Waals surface area (Å²) in [4.78, 5) is 7.91. The van der Waals surface area contributed by atoms with E-state index in [2.05, 4.69) is 35.9 Å². The zero-order chi connectivity index (χ0) is 15.5. The number of nitrogens with one attached hydrogen (secondary N) is 1. The Morgan fingerprint density at radius 2 is 1.77 bits per heavy atom. The van der Waals surface area contributed by atoms with Gasteiger partial charge in [-0.15, -0.1) is 0 Å². The highest BCUT2D eigenvalue weighted by Gasteiger charge is 2.12. The second-order valence-corrected chi connectivity index (χ2v) is 5.78. The van der Waals surface area contributed by atoms with Crippen molar-refractivity contribution in [1.82, 2.24) is 9.97 Å². The highest BCUT2D eigenvalue weighted by atomic mass is 16.5. The van der Waals surface area contributed by atoms with Crippen LogP contribution < -0.4 is 4.74 Å². The first kappa shape index (κ1) is 14.6. The van der Waals surface area contributed by atoms with Crippen molar-refractivity contribution in [2.45, 2.75) is 39.2 Å². The third-order valence-electron chi connectivity index (χ3n) is 4.17. The summed E-state index contributed by atoms with van der Waals surface area (Å²) in [5, 5.41) is 0. The van der Waals surface area contributed by atoms with Crippen LogP contribution in [0.2, 0.25) is 0 Å². The summed E-state index contributed by atoms with van der Waals surface area (Å²) >= 11 is 0. The molecule has 0 amide bonds. The maximum Gasteiger partial charge on any atom is 0.153 e. The zero-order valence-corrected chi connectivity index (χ0v) is 13.3. The molecule has 0 saturated heterocycles. The Kier molecular flexibility index (Phi) is 4.14. The predicted molar refractivity (Wildman–Crippen MR) is 90.3 cm³/mol. The normalized spacial score (nSPS) is 14.0. The summed E-state index contributed by atoms with van der Waals surface area (Å²) in [6.45, 7) is 6.46. The molecule has 22 heavy (non-hydrogen) atoms. The fourth-order valence-corrected chi connectivity index (χ4v) is 2.54. The SMILES string of the molecule is CCC(C)c1ccc(OC(C)c2nc3ccccc3[nH]2)cc1. The smallest absolute Gasteiger partial charge is 0.153 e. The van der Waals surface area contributed by atoms with Crippen LogP contribution in [0, 0.1) is 0 Å². The molecular formula is C19H22N2O. The molecule has 0 bridgehead atoms. The van der Waals surface area contributed by atoms with Crippen LogP contribution in [0.15, 0.2) is 48.5 Å². The Balaban J connectivity index is 1.74. The number of imidazole rings is 1. The van der Waals surface area contributed by atoms with E-state index in [1.807, 2.05) is 43.3 Å². The van der Waals surface area contributed by atoms with Gasteiger partial charge in [-0.05, 0) is 49.1 Å². The van der Waals surface area contributed by atoms with Crippen LogP contribution in [0.3, 0.4) is 0 Å². The molecule has 0 saturated carbocycles. The molecule has 1 aromatic heterocycles. The van der Waals surface area contributed by atoms with Gasteiger partial charge in [0.05, 0.1) is 11.0 Å². The highest BCUT2D eigenvalue weighted by molar-refractivity contribution is 5.74. The first-order valence-corrected chi connectivity index (χ1v) is 7.88. The molecular weight excluding hydrogens is 272 g/mol. The Labute approximate surface area is 131 Å². The number of hydrogen-bond acceptors (Lipinski definition) is 2. The van der Waals surface area contributed by atoms with Crippen molar-refractivity contribution in [3.05, 3.63) is 59.9 Å². The summed E-state index contributed by atoms with van der Waals surface area (Å²) < 4.78 is 6.00. The second-order valence-electron chi connectivity index (χ2n) is 5.78. The molecule has 0 aliphatic carbocycles. The Morgan fingerprint density at radius 1 is 1.05 bits per heavy atom. The molecule has 0 spiro atoms. The maximum atomic E-state index is 6.00. The number of nitrogens with zero attached hydrogens (tertiary/aromatic N) is 1. The number of H-pyrrole nitrogens is 1. The van der Waals surface area contributed by atoms with E-state index >= 15 is 0 Å². The lowest BCUT2D eigenvalue weighted by Gasteiger charge is -2.14. The molecule has 1 N–H and O–H groups in total. The molecule has 0 aliphatic rings. The molecule has 3 rings (SSSR count). The van der Waals surface area contributed by atoms with Gasteiger partial charge in [0.15, 0.2) is 6.10 Å². The number of aromatic nitrogens is 2. The van der Waals surface area contributed by atoms with Gasteiger partial charge in [0, 0.05) is 0 Å². The van der Waals surface area contributed by atoms with Gasteiger partial charge < -0.3 is 9.72 Å². The van der Waals surface area contributed by atoms with Gasteiger partial charge in [-0.3, -0.25) is 0 Å². The lowest BCUT2D eigenvalue weighted by molar-refractivity contribution is 0.218. The summed E-state index contributed by atoms with van der Waals surface area (Å²) in [6, 6.07) is 16.4. The number of hydrogen-bond donors (Lipinski definition) is 1. The van der Waals surface area contributed by atoms with Crippen molar-refractivity contribution in [3.8, 4) is 5.75 Å². The van der Waals surface area contributed by atoms with Gasteiger partial charge in [0.25, 0.3) is 0 Å². The van der Waals surface area contributed by atoms with Crippen LogP contribution in [0.5, 0.6) is 5.75 Å². The van der Waals surface area contributed by atoms with Crippen molar-refractivity contribution in [3.63, 3.8) is 0 Å². The van der Waals surface area contributed by atoms with Crippen LogP contribution >= 0.6 is 0 Å². The number of ether oxygens (including phenoxy) is 1. The molecule has 114 valence electrons. The number of rotatable bonds is 5. The summed E-state index contributed by atoms with van der Waals surface area (Å²) in [5.41, 5.74) is 3.37. The van der Waals surface area contributed by atoms with E-state index in [9.17, 15) is 0 Å². The fraction of sp³-hybridized carbons (Fsp3) is 0.316. The van der Waals surface area contributed by atoms with Gasteiger partial charge in [-0.2, -0.15) is 0 Å². The second kappa shape index (κ2) is 6.22. The largest absolute Gasteiger partial charge is 0.483 e. The van der Waals surface area contributed by atoms with Crippen LogP contribution in [0.1, 0.15) is 50.6 Å². The Hall–Kier alpha value is -2.29.